The van der Waals surface area contributed by atoms with Crippen molar-refractivity contribution in [2.75, 3.05) is 0 Å². The molecule has 1 unspecified atom stereocenters. The number of phosphoric acid groups is 1. The van der Waals surface area contributed by atoms with E-state index in [0.717, 1.165) is 10.9 Å². The summed E-state index contributed by atoms with van der Waals surface area (Å²) in [7, 11) is -3.36. The van der Waals surface area contributed by atoms with Crippen LogP contribution in [-0.2, 0) is 4.57 Å². The number of hydrogen-bond donors (Lipinski definition) is 0. The van der Waals surface area contributed by atoms with E-state index >= 15 is 0 Å². The maximum absolute atomic E-state index is 11.6. The summed E-state index contributed by atoms with van der Waals surface area (Å²) in [5.41, 5.74) is 0.813. The number of fused-ring (bicyclic) bond motifs is 4. The average molecular weight is 209 g/mol. The summed E-state index contributed by atoms with van der Waals surface area (Å²) < 4.78 is 28.2. The lowest BCUT2D eigenvalue weighted by Gasteiger charge is -2.03. The zero-order valence-electron chi connectivity index (χ0n) is 6.84. The molecule has 0 radical (unpaired) electrons. The van der Waals surface area contributed by atoms with Gasteiger partial charge >= 0.3 is 7.82 Å². The van der Waals surface area contributed by atoms with E-state index in [2.05, 4.69) is 0 Å². The quantitative estimate of drug-likeness (QED) is 0.622. The van der Waals surface area contributed by atoms with Crippen molar-refractivity contribution < 1.29 is 18.2 Å². The zero-order valence-corrected chi connectivity index (χ0v) is 7.73. The van der Waals surface area contributed by atoms with Crippen LogP contribution in [0.1, 0.15) is 0 Å². The van der Waals surface area contributed by atoms with Gasteiger partial charge in [0.25, 0.3) is 5.88 Å². The van der Waals surface area contributed by atoms with Crippen molar-refractivity contribution in [2.45, 2.75) is 0 Å². The Morgan fingerprint density at radius 2 is 2.07 bits per heavy atom. The van der Waals surface area contributed by atoms with E-state index in [1.54, 1.807) is 0 Å². The lowest BCUT2D eigenvalue weighted by atomic mass is 10.2. The molecule has 0 aliphatic carbocycles. The van der Waals surface area contributed by atoms with Gasteiger partial charge in [-0.25, -0.2) is 0 Å². The number of benzene rings is 1. The second kappa shape index (κ2) is 1.77. The monoisotopic (exact) mass is 209 g/mol. The minimum Gasteiger partial charge on any atom is -0.378 e. The van der Waals surface area contributed by atoms with E-state index in [9.17, 15) is 4.57 Å². The molecule has 1 aromatic carbocycles. The van der Waals surface area contributed by atoms with Crippen LogP contribution in [0.4, 0.5) is 0 Å². The molecule has 14 heavy (non-hydrogen) atoms. The number of aromatic nitrogens is 1. The third-order valence-corrected chi connectivity index (χ3v) is 3.50. The van der Waals surface area contributed by atoms with E-state index in [0.29, 0.717) is 11.6 Å². The van der Waals surface area contributed by atoms with Gasteiger partial charge < -0.3 is 9.05 Å². The third-order valence-electron chi connectivity index (χ3n) is 2.33. The second-order valence-corrected chi connectivity index (χ2v) is 4.58. The SMILES string of the molecule is O=P12Oc3c(n(c4ccccc34)O1)O2. The van der Waals surface area contributed by atoms with Crippen molar-refractivity contribution in [2.24, 2.45) is 0 Å². The van der Waals surface area contributed by atoms with Crippen LogP contribution in [0.3, 0.4) is 0 Å². The van der Waals surface area contributed by atoms with Crippen LogP contribution in [0.15, 0.2) is 24.3 Å². The molecule has 0 amide bonds. The molecule has 70 valence electrons. The van der Waals surface area contributed by atoms with Crippen molar-refractivity contribution >= 4 is 18.7 Å². The Balaban J connectivity index is 2.28. The molecule has 2 bridgehead atoms. The van der Waals surface area contributed by atoms with Gasteiger partial charge in [-0.15, -0.1) is 4.73 Å². The van der Waals surface area contributed by atoms with Gasteiger partial charge in [0.1, 0.15) is 0 Å². The van der Waals surface area contributed by atoms with Gasteiger partial charge in [-0.05, 0) is 12.1 Å². The molecule has 2 aromatic rings. The Hall–Kier alpha value is -1.61. The molecule has 2 aliphatic rings. The molecule has 6 heteroatoms. The molecule has 2 aliphatic heterocycles. The van der Waals surface area contributed by atoms with Gasteiger partial charge in [-0.2, -0.15) is 4.57 Å². The lowest BCUT2D eigenvalue weighted by molar-refractivity contribution is 0.252. The fourth-order valence-electron chi connectivity index (χ4n) is 1.78. The van der Waals surface area contributed by atoms with Crippen molar-refractivity contribution in [3.63, 3.8) is 0 Å². The van der Waals surface area contributed by atoms with E-state index < -0.39 is 7.82 Å². The Labute approximate surface area is 78.4 Å². The Kier molecular flexibility index (Phi) is 0.856. The summed E-state index contributed by atoms with van der Waals surface area (Å²) in [5.74, 6) is 0.935. The maximum atomic E-state index is 11.6. The van der Waals surface area contributed by atoms with Crippen molar-refractivity contribution in [3.8, 4) is 11.6 Å². The zero-order chi connectivity index (χ0) is 9.34. The highest BCUT2D eigenvalue weighted by Gasteiger charge is 2.52. The predicted octanol–water partition coefficient (Wildman–Crippen LogP) is 1.96. The number of rotatable bonds is 0. The molecule has 1 aromatic heterocycles. The minimum absolute atomic E-state index is 0.412. The Bertz CT molecular complexity index is 570. The van der Waals surface area contributed by atoms with Gasteiger partial charge in [0.05, 0.1) is 10.9 Å². The Morgan fingerprint density at radius 3 is 2.93 bits per heavy atom. The fraction of sp³-hybridized carbons (Fsp3) is 0. The molecule has 5 nitrogen and oxygen atoms in total. The summed E-state index contributed by atoms with van der Waals surface area (Å²) in [5, 5.41) is 0.859. The molecular formula is C8H4NO4P. The van der Waals surface area contributed by atoms with Gasteiger partial charge in [-0.1, -0.05) is 12.1 Å². The van der Waals surface area contributed by atoms with Crippen LogP contribution >= 0.6 is 7.82 Å². The van der Waals surface area contributed by atoms with Crippen LogP contribution in [0.25, 0.3) is 10.9 Å². The number of para-hydroxylation sites is 1. The number of nitrogens with zero attached hydrogens (tertiary/aromatic N) is 1. The fourth-order valence-corrected chi connectivity index (χ4v) is 3.01. The normalized spacial score (nSPS) is 26.0. The van der Waals surface area contributed by atoms with E-state index in [-0.39, 0.29) is 0 Å². The molecule has 0 saturated carbocycles. The summed E-state index contributed by atoms with van der Waals surface area (Å²) >= 11 is 0. The lowest BCUT2D eigenvalue weighted by Crippen LogP contribution is -2.04. The van der Waals surface area contributed by atoms with Crippen molar-refractivity contribution in [1.82, 2.24) is 4.73 Å². The highest BCUT2D eigenvalue weighted by molar-refractivity contribution is 7.50. The average Bonchev–Trinajstić information content (AvgIpc) is 2.73. The summed E-state index contributed by atoms with van der Waals surface area (Å²) in [6.07, 6.45) is 0. The van der Waals surface area contributed by atoms with Gasteiger partial charge in [0, 0.05) is 0 Å². The van der Waals surface area contributed by atoms with Crippen LogP contribution < -0.4 is 13.7 Å². The van der Waals surface area contributed by atoms with Crippen LogP contribution in [0.5, 0.6) is 11.6 Å². The van der Waals surface area contributed by atoms with Gasteiger partial charge in [0.2, 0.25) is 5.75 Å². The minimum atomic E-state index is -3.36. The van der Waals surface area contributed by atoms with E-state index in [4.69, 9.17) is 13.7 Å². The topological polar surface area (TPSA) is 49.7 Å². The van der Waals surface area contributed by atoms with Gasteiger partial charge in [-0.3, -0.25) is 4.62 Å². The first-order chi connectivity index (χ1) is 6.77. The first-order valence-corrected chi connectivity index (χ1v) is 5.56. The Morgan fingerprint density at radius 1 is 1.21 bits per heavy atom. The largest absolute Gasteiger partial charge is 0.668 e. The molecular weight excluding hydrogens is 205 g/mol. The molecule has 0 saturated heterocycles. The highest BCUT2D eigenvalue weighted by Crippen LogP contribution is 2.65. The van der Waals surface area contributed by atoms with Gasteiger partial charge in [0.15, 0.2) is 0 Å². The first kappa shape index (κ1) is 6.79. The van der Waals surface area contributed by atoms with Crippen LogP contribution in [-0.4, -0.2) is 4.73 Å². The number of hydrogen-bond acceptors (Lipinski definition) is 4. The highest BCUT2D eigenvalue weighted by atomic mass is 31.2. The molecule has 1 atom stereocenters. The summed E-state index contributed by atoms with van der Waals surface area (Å²) in [6.45, 7) is 0. The van der Waals surface area contributed by atoms with Crippen LogP contribution in [0, 0.1) is 0 Å². The van der Waals surface area contributed by atoms with Crippen molar-refractivity contribution in [3.05, 3.63) is 24.3 Å². The molecule has 4 rings (SSSR count). The molecule has 0 spiro atoms. The first-order valence-electron chi connectivity index (χ1n) is 4.10. The molecule has 0 fully saturated rings. The smallest absolute Gasteiger partial charge is 0.378 e. The van der Waals surface area contributed by atoms with E-state index in [1.807, 2.05) is 24.3 Å². The maximum Gasteiger partial charge on any atom is 0.668 e. The number of phosphoric ester groups is 1. The van der Waals surface area contributed by atoms with Crippen molar-refractivity contribution in [1.29, 1.82) is 0 Å². The molecule has 3 heterocycles. The van der Waals surface area contributed by atoms with E-state index in [1.165, 1.54) is 4.73 Å². The predicted molar refractivity (Wildman–Crippen MR) is 47.4 cm³/mol. The molecule has 0 N–H and O–H groups in total. The third kappa shape index (κ3) is 0.562. The second-order valence-electron chi connectivity index (χ2n) is 3.16. The standard InChI is InChI=1S/C8H4NO4P/c10-14-11-7-5-3-1-2-4-6(5)9(13-14)8(7)12-14/h1-4H. The summed E-state index contributed by atoms with van der Waals surface area (Å²) in [6, 6.07) is 7.48. The summed E-state index contributed by atoms with van der Waals surface area (Å²) in [4.78, 5) is 0. The van der Waals surface area contributed by atoms with Crippen LogP contribution in [0.2, 0.25) is 0 Å².